The second kappa shape index (κ2) is 9.74. The summed E-state index contributed by atoms with van der Waals surface area (Å²) < 4.78 is 0. The smallest absolute Gasteiger partial charge is 0.198 e. The van der Waals surface area contributed by atoms with E-state index in [1.54, 1.807) is 0 Å². The first-order valence-corrected chi connectivity index (χ1v) is 9.48. The number of hydrogen-bond acceptors (Lipinski definition) is 3. The molecule has 1 fully saturated rings. The molecule has 0 spiro atoms. The van der Waals surface area contributed by atoms with Crippen LogP contribution in [0.1, 0.15) is 12.5 Å². The average Bonchev–Trinajstić information content (AvgIpc) is 2.99. The Morgan fingerprint density at radius 2 is 2.00 bits per heavy atom. The van der Waals surface area contributed by atoms with Crippen molar-refractivity contribution in [3.63, 3.8) is 0 Å². The van der Waals surface area contributed by atoms with Gasteiger partial charge >= 0.3 is 0 Å². The van der Waals surface area contributed by atoms with Gasteiger partial charge in [-0.2, -0.15) is 11.8 Å². The van der Waals surface area contributed by atoms with Crippen LogP contribution in [0, 0.1) is 0 Å². The zero-order chi connectivity index (χ0) is 15.2. The summed E-state index contributed by atoms with van der Waals surface area (Å²) in [6.45, 7) is 8.46. The fraction of sp³-hybridized carbons (Fsp3) is 0.588. The minimum Gasteiger partial charge on any atom is -0.356 e. The van der Waals surface area contributed by atoms with Gasteiger partial charge in [-0.15, -0.1) is 24.0 Å². The van der Waals surface area contributed by atoms with Gasteiger partial charge in [-0.05, 0) is 25.0 Å². The molecule has 1 aromatic rings. The molecular formula is C17H27IN4S. The molecule has 1 aromatic carbocycles. The van der Waals surface area contributed by atoms with Crippen LogP contribution in [0.4, 0.5) is 5.69 Å². The molecule has 2 aliphatic heterocycles. The molecule has 0 aliphatic carbocycles. The van der Waals surface area contributed by atoms with Gasteiger partial charge in [0.2, 0.25) is 0 Å². The van der Waals surface area contributed by atoms with Crippen molar-refractivity contribution in [1.82, 2.24) is 10.2 Å². The molecule has 3 rings (SSSR count). The first kappa shape index (κ1) is 18.9. The molecule has 0 aromatic heterocycles. The zero-order valence-electron chi connectivity index (χ0n) is 13.8. The second-order valence-electron chi connectivity index (χ2n) is 5.72. The number of nitrogens with zero attached hydrogens (tertiary/aromatic N) is 3. The number of nitrogens with one attached hydrogen (secondary N) is 1. The second-order valence-corrected chi connectivity index (χ2v) is 6.94. The third-order valence-electron chi connectivity index (χ3n) is 4.26. The van der Waals surface area contributed by atoms with Gasteiger partial charge in [0.15, 0.2) is 5.96 Å². The summed E-state index contributed by atoms with van der Waals surface area (Å²) in [6, 6.07) is 8.67. The normalized spacial score (nSPS) is 18.5. The lowest BCUT2D eigenvalue weighted by molar-refractivity contribution is 0.311. The van der Waals surface area contributed by atoms with Crippen molar-refractivity contribution in [1.29, 1.82) is 0 Å². The zero-order valence-corrected chi connectivity index (χ0v) is 17.0. The van der Waals surface area contributed by atoms with Crippen LogP contribution in [0.5, 0.6) is 0 Å². The Labute approximate surface area is 161 Å². The predicted molar refractivity (Wildman–Crippen MR) is 113 cm³/mol. The first-order valence-electron chi connectivity index (χ1n) is 8.32. The number of thioether (sulfide) groups is 1. The predicted octanol–water partition coefficient (Wildman–Crippen LogP) is 2.68. The van der Waals surface area contributed by atoms with E-state index in [4.69, 9.17) is 4.99 Å². The van der Waals surface area contributed by atoms with E-state index in [0.29, 0.717) is 0 Å². The Bertz CT molecular complexity index is 517. The number of aliphatic imine (C=N–C) groups is 1. The van der Waals surface area contributed by atoms with Gasteiger partial charge in [-0.3, -0.25) is 9.89 Å². The SMILES string of the molecule is CCNC(=NCCN1CCSCC1)N1CCc2ccccc21.I. The number of guanidine groups is 1. The highest BCUT2D eigenvalue weighted by atomic mass is 127. The van der Waals surface area contributed by atoms with Crippen molar-refractivity contribution >= 4 is 47.4 Å². The number of rotatable bonds is 4. The van der Waals surface area contributed by atoms with E-state index in [-0.39, 0.29) is 24.0 Å². The van der Waals surface area contributed by atoms with E-state index in [2.05, 4.69) is 58.1 Å². The van der Waals surface area contributed by atoms with Crippen LogP contribution < -0.4 is 10.2 Å². The lowest BCUT2D eigenvalue weighted by Crippen LogP contribution is -2.41. The third kappa shape index (κ3) is 5.00. The summed E-state index contributed by atoms with van der Waals surface area (Å²) >= 11 is 2.06. The Kier molecular flexibility index (Phi) is 7.98. The molecule has 6 heteroatoms. The van der Waals surface area contributed by atoms with Crippen LogP contribution in [0.3, 0.4) is 0 Å². The van der Waals surface area contributed by atoms with Gasteiger partial charge < -0.3 is 10.2 Å². The van der Waals surface area contributed by atoms with E-state index in [1.165, 1.54) is 35.8 Å². The first-order chi connectivity index (χ1) is 10.9. The molecule has 0 atom stereocenters. The highest BCUT2D eigenvalue weighted by molar-refractivity contribution is 14.0. The Hall–Kier alpha value is -0.470. The van der Waals surface area contributed by atoms with Gasteiger partial charge in [0, 0.05) is 49.9 Å². The monoisotopic (exact) mass is 446 g/mol. The van der Waals surface area contributed by atoms with Gasteiger partial charge in [0.25, 0.3) is 0 Å². The van der Waals surface area contributed by atoms with Crippen LogP contribution >= 0.6 is 35.7 Å². The van der Waals surface area contributed by atoms with Crippen LogP contribution in [0.15, 0.2) is 29.3 Å². The molecule has 128 valence electrons. The minimum atomic E-state index is 0. The van der Waals surface area contributed by atoms with Gasteiger partial charge in [-0.25, -0.2) is 0 Å². The van der Waals surface area contributed by atoms with Crippen molar-refractivity contribution in [2.24, 2.45) is 4.99 Å². The molecule has 0 bridgehead atoms. The van der Waals surface area contributed by atoms with Crippen molar-refractivity contribution in [3.05, 3.63) is 29.8 Å². The highest BCUT2D eigenvalue weighted by Crippen LogP contribution is 2.27. The quantitative estimate of drug-likeness (QED) is 0.438. The Morgan fingerprint density at radius 1 is 1.22 bits per heavy atom. The molecule has 0 radical (unpaired) electrons. The number of anilines is 1. The van der Waals surface area contributed by atoms with Crippen molar-refractivity contribution in [3.8, 4) is 0 Å². The van der Waals surface area contributed by atoms with E-state index >= 15 is 0 Å². The van der Waals surface area contributed by atoms with Crippen LogP contribution in [0.2, 0.25) is 0 Å². The Morgan fingerprint density at radius 3 is 2.78 bits per heavy atom. The topological polar surface area (TPSA) is 30.9 Å². The summed E-state index contributed by atoms with van der Waals surface area (Å²) in [6.07, 6.45) is 1.12. The lowest BCUT2D eigenvalue weighted by Gasteiger charge is -2.26. The average molecular weight is 446 g/mol. The maximum atomic E-state index is 4.87. The summed E-state index contributed by atoms with van der Waals surface area (Å²) in [4.78, 5) is 9.74. The fourth-order valence-corrected chi connectivity index (χ4v) is 4.05. The van der Waals surface area contributed by atoms with E-state index in [9.17, 15) is 0 Å². The number of hydrogen-bond donors (Lipinski definition) is 1. The number of fused-ring (bicyclic) bond motifs is 1. The lowest BCUT2D eigenvalue weighted by atomic mass is 10.2. The van der Waals surface area contributed by atoms with Crippen LogP contribution in [-0.2, 0) is 6.42 Å². The van der Waals surface area contributed by atoms with Crippen molar-refractivity contribution in [2.75, 3.05) is 55.7 Å². The van der Waals surface area contributed by atoms with E-state index < -0.39 is 0 Å². The van der Waals surface area contributed by atoms with Gasteiger partial charge in [-0.1, -0.05) is 18.2 Å². The number of benzene rings is 1. The summed E-state index contributed by atoms with van der Waals surface area (Å²) in [5.74, 6) is 3.57. The summed E-state index contributed by atoms with van der Waals surface area (Å²) in [5.41, 5.74) is 2.75. The summed E-state index contributed by atoms with van der Waals surface area (Å²) in [5, 5.41) is 3.46. The minimum absolute atomic E-state index is 0. The molecule has 4 nitrogen and oxygen atoms in total. The molecular weight excluding hydrogens is 419 g/mol. The molecule has 1 saturated heterocycles. The standard InChI is InChI=1S/C17H26N4S.HI/c1-2-18-17(19-8-10-20-11-13-22-14-12-20)21-9-7-15-5-3-4-6-16(15)21;/h3-6H,2,7-14H2,1H3,(H,18,19);1H. The molecule has 2 aliphatic rings. The van der Waals surface area contributed by atoms with Crippen LogP contribution in [-0.4, -0.2) is 61.6 Å². The number of halogens is 1. The van der Waals surface area contributed by atoms with E-state index in [0.717, 1.165) is 38.6 Å². The maximum absolute atomic E-state index is 4.87. The van der Waals surface area contributed by atoms with Crippen LogP contribution in [0.25, 0.3) is 0 Å². The molecule has 2 heterocycles. The molecule has 23 heavy (non-hydrogen) atoms. The number of para-hydroxylation sites is 1. The summed E-state index contributed by atoms with van der Waals surface area (Å²) in [7, 11) is 0. The molecule has 0 unspecified atom stereocenters. The highest BCUT2D eigenvalue weighted by Gasteiger charge is 2.22. The van der Waals surface area contributed by atoms with E-state index in [1.807, 2.05) is 0 Å². The third-order valence-corrected chi connectivity index (χ3v) is 5.20. The fourth-order valence-electron chi connectivity index (χ4n) is 3.08. The van der Waals surface area contributed by atoms with Crippen molar-refractivity contribution in [2.45, 2.75) is 13.3 Å². The van der Waals surface area contributed by atoms with Crippen molar-refractivity contribution < 1.29 is 0 Å². The largest absolute Gasteiger partial charge is 0.356 e. The molecule has 0 saturated carbocycles. The van der Waals surface area contributed by atoms with Gasteiger partial charge in [0.05, 0.1) is 6.54 Å². The molecule has 0 amide bonds. The molecule has 1 N–H and O–H groups in total. The Balaban J connectivity index is 0.00000192. The van der Waals surface area contributed by atoms with Gasteiger partial charge in [0.1, 0.15) is 0 Å². The maximum Gasteiger partial charge on any atom is 0.198 e.